The van der Waals surface area contributed by atoms with Crippen LogP contribution in [0.2, 0.25) is 0 Å². The minimum absolute atomic E-state index is 0.0361. The molecule has 1 N–H and O–H groups in total. The van der Waals surface area contributed by atoms with E-state index in [2.05, 4.69) is 42.6 Å². The fourth-order valence-corrected chi connectivity index (χ4v) is 10.6. The predicted molar refractivity (Wildman–Crippen MR) is 384 cm³/mol. The first kappa shape index (κ1) is 134. The van der Waals surface area contributed by atoms with Gasteiger partial charge in [0.15, 0.2) is 12.6 Å². The second-order valence-electron chi connectivity index (χ2n) is 33.9. The first-order chi connectivity index (χ1) is 56.9. The summed E-state index contributed by atoms with van der Waals surface area (Å²) in [5, 5.41) is 8.74. The Morgan fingerprint density at radius 3 is 0.931 bits per heavy atom. The molecule has 9 unspecified atom stereocenters. The van der Waals surface area contributed by atoms with Gasteiger partial charge in [-0.2, -0.15) is 158 Å². The zero-order chi connectivity index (χ0) is 105. The van der Waals surface area contributed by atoms with Crippen LogP contribution in [-0.4, -0.2) is 192 Å². The maximum absolute atomic E-state index is 13.2. The van der Waals surface area contributed by atoms with E-state index in [1.807, 2.05) is 0 Å². The van der Waals surface area contributed by atoms with E-state index >= 15 is 0 Å². The second-order valence-corrected chi connectivity index (χ2v) is 33.9. The van der Waals surface area contributed by atoms with E-state index in [1.54, 1.807) is 13.8 Å². The average Bonchev–Trinajstić information content (AvgIpc) is 1.42. The van der Waals surface area contributed by atoms with Crippen molar-refractivity contribution in [2.45, 2.75) is 424 Å². The summed E-state index contributed by atoms with van der Waals surface area (Å²) >= 11 is 0. The Morgan fingerprint density at radius 1 is 0.385 bits per heavy atom. The molecule has 54 heteroatoms. The number of hydrogen-bond donors (Lipinski definition) is 1. The molecule has 0 spiro atoms. The third kappa shape index (κ3) is 41.1. The third-order valence-corrected chi connectivity index (χ3v) is 18.7. The minimum Gasteiger partial charge on any atom is -0.458 e. The molecule has 2 saturated heterocycles. The van der Waals surface area contributed by atoms with Crippen molar-refractivity contribution in [3.05, 3.63) is 0 Å². The van der Waals surface area contributed by atoms with Gasteiger partial charge in [-0.25, -0.2) is 18.4 Å². The topological polar surface area (TPSA) is 156 Å². The third-order valence-electron chi connectivity index (χ3n) is 18.7. The van der Waals surface area contributed by atoms with Crippen molar-refractivity contribution < 1.29 is 242 Å². The lowest BCUT2D eigenvalue weighted by molar-refractivity contribution is -0.415. The van der Waals surface area contributed by atoms with Gasteiger partial charge < -0.3 is 47.7 Å². The fraction of sp³-hybridized carbons (Fsp3) is 0.974. The molecule has 130 heavy (non-hydrogen) atoms. The Balaban J connectivity index is -0.000000471. The van der Waals surface area contributed by atoms with Gasteiger partial charge in [-0.05, 0) is 164 Å². The van der Waals surface area contributed by atoms with Crippen LogP contribution in [0.3, 0.4) is 0 Å². The molecule has 0 radical (unpaired) electrons. The van der Waals surface area contributed by atoms with E-state index in [0.717, 1.165) is 6.92 Å². The molecule has 2 rings (SSSR count). The van der Waals surface area contributed by atoms with Crippen molar-refractivity contribution in [3.63, 3.8) is 0 Å². The van der Waals surface area contributed by atoms with Gasteiger partial charge in [0.05, 0.1) is 5.60 Å². The smallest absolute Gasteiger partial charge is 0.458 e. The maximum Gasteiger partial charge on any atom is 0.510 e. The van der Waals surface area contributed by atoms with Gasteiger partial charge in [0.1, 0.15) is 17.8 Å². The lowest BCUT2D eigenvalue weighted by atomic mass is 9.87. The molecule has 0 aromatic heterocycles. The number of halogens is 40. The normalized spacial score (nSPS) is 19.9. The summed E-state index contributed by atoms with van der Waals surface area (Å²) in [6.45, 7) is 29.3. The SMILES string of the molecule is CC1(F)OC(F)(F)OC1(C)F.CCC(C)CC(O)(C(F)(F)F)C(F)(F)F.CCC(C)CC(OC(C)(C)C)(C(F)(F)F)C(F)(F)F.CCC(C)CC(OC1CCCCO1)(C(F)(F)F)C(F)(F)F.CCC(C)CC(OCC(=O)OC(C)(C)C)(C(F)(F)F)C(F)(F)F.CCCCC(OC(=O)OC(C)(C)C)(C(F)(F)F)C(F)(F)F.CCOC(C)OC(CC(C)CC)(C(F)(F)F)C(F)(F)F. The molecule has 0 aromatic rings. The molecular weight excluding hydrogens is 1900 g/mol. The summed E-state index contributed by atoms with van der Waals surface area (Å²) in [7, 11) is 0. The van der Waals surface area contributed by atoms with Crippen LogP contribution < -0.4 is 0 Å². The van der Waals surface area contributed by atoms with Gasteiger partial charge in [-0.15, -0.1) is 8.78 Å². The molecular formula is C76H118F40O14. The van der Waals surface area contributed by atoms with E-state index in [-0.39, 0.29) is 58.2 Å². The lowest BCUT2D eigenvalue weighted by Crippen LogP contribution is -2.62. The highest BCUT2D eigenvalue weighted by molar-refractivity contribution is 5.71. The van der Waals surface area contributed by atoms with Crippen molar-refractivity contribution >= 4 is 12.1 Å². The van der Waals surface area contributed by atoms with Crippen molar-refractivity contribution in [1.29, 1.82) is 0 Å². The van der Waals surface area contributed by atoms with Crippen LogP contribution in [-0.2, 0) is 56.9 Å². The average molecular weight is 2020 g/mol. The molecule has 0 amide bonds. The number of rotatable bonds is 29. The number of carbonyl (C=O) groups excluding carboxylic acids is 2. The summed E-state index contributed by atoms with van der Waals surface area (Å²) in [6, 6.07) is 0. The van der Waals surface area contributed by atoms with Gasteiger partial charge in [-0.3, -0.25) is 9.47 Å². The summed E-state index contributed by atoms with van der Waals surface area (Å²) in [5.41, 5.74) is -29.9. The summed E-state index contributed by atoms with van der Waals surface area (Å²) in [4.78, 5) is 22.7. The Hall–Kier alpha value is -4.42. The summed E-state index contributed by atoms with van der Waals surface area (Å²) < 4.78 is 561. The van der Waals surface area contributed by atoms with Crippen molar-refractivity contribution in [2.24, 2.45) is 29.6 Å². The van der Waals surface area contributed by atoms with Crippen molar-refractivity contribution in [3.8, 4) is 0 Å². The molecule has 0 aliphatic carbocycles. The van der Waals surface area contributed by atoms with Gasteiger partial charge in [0.2, 0.25) is 0 Å². The van der Waals surface area contributed by atoms with Crippen LogP contribution in [0.1, 0.15) is 269 Å². The first-order valence-electron chi connectivity index (χ1n) is 39.7. The zero-order valence-electron chi connectivity index (χ0n) is 75.3. The number of carbonyl (C=O) groups is 2. The number of aliphatic hydroxyl groups is 1. The molecule has 2 fully saturated rings. The molecule has 2 heterocycles. The number of ether oxygens (including phenoxy) is 11. The van der Waals surface area contributed by atoms with Gasteiger partial charge in [0.25, 0.3) is 39.7 Å². The van der Waals surface area contributed by atoms with E-state index in [9.17, 15) is 185 Å². The van der Waals surface area contributed by atoms with E-state index < -0.39 is 248 Å². The second kappa shape index (κ2) is 49.2. The molecule has 0 aromatic carbocycles. The number of alkyl halides is 40. The van der Waals surface area contributed by atoms with E-state index in [1.165, 1.54) is 132 Å². The monoisotopic (exact) mass is 2010 g/mol. The van der Waals surface area contributed by atoms with Crippen LogP contribution in [0.5, 0.6) is 0 Å². The lowest BCUT2D eigenvalue weighted by Gasteiger charge is -2.42. The van der Waals surface area contributed by atoms with Crippen molar-refractivity contribution in [2.75, 3.05) is 19.8 Å². The Labute approximate surface area is 726 Å². The largest absolute Gasteiger partial charge is 0.510 e. The molecule has 2 aliphatic rings. The van der Waals surface area contributed by atoms with Crippen molar-refractivity contribution in [1.82, 2.24) is 0 Å². The Bertz CT molecular complexity index is 3070. The first-order valence-corrected chi connectivity index (χ1v) is 39.7. The molecule has 0 bridgehead atoms. The van der Waals surface area contributed by atoms with Gasteiger partial charge in [0, 0.05) is 33.5 Å². The highest BCUT2D eigenvalue weighted by Crippen LogP contribution is 2.57. The molecule has 0 saturated carbocycles. The van der Waals surface area contributed by atoms with Crippen LogP contribution in [0.4, 0.5) is 180 Å². The Morgan fingerprint density at radius 2 is 0.685 bits per heavy atom. The Kier molecular flexibility index (Phi) is 50.8. The van der Waals surface area contributed by atoms with Gasteiger partial charge in [-0.1, -0.05) is 115 Å². The fourth-order valence-electron chi connectivity index (χ4n) is 10.6. The molecule has 2 aliphatic heterocycles. The predicted octanol–water partition coefficient (Wildman–Crippen LogP) is 29.5. The van der Waals surface area contributed by atoms with Gasteiger partial charge >= 0.3 is 98.1 Å². The maximum atomic E-state index is 13.2. The van der Waals surface area contributed by atoms with Crippen LogP contribution in [0.25, 0.3) is 0 Å². The highest BCUT2D eigenvalue weighted by Gasteiger charge is 2.79. The quantitative estimate of drug-likeness (QED) is 0.0429. The standard InChI is InChI=1S/C14H22F6O3.C13H20F6O2.C12H18F6O3.C12H20F6O2.C12H20F6O.C8H12F6O.C5H6F4O2/c1-6-9(2)7-12(13(15,16)17,14(18,19)20)22-8-10(21)23-11(3,4)5;1-3-9(2)8-11(12(14,15)16,13(17,18)19)21-10-6-4-5-7-20-10;1-5-6-7-10(11(13,14)15,12(16,17)18)21-8(19)20-9(2,3)4;1-5-8(3)7-10(11(13,14)15,12(16,17)18)20-9(4)19-6-2;1-6-8(2)7-10(11(13,14)15,12(16,17)18)19-9(3,4)5;1-3-5(2)4-6(15,7(9,10)11)8(12,13)14;1-3(6)4(2,7)11-5(8,9)10-3/h9H,6-8H2,1-5H3;9-10H,3-8H2,1-2H3;5-7H2,1-4H3;8-9H,5-7H2,1-4H3;8H,6-7H2,1-5H3;5,15H,3-4H2,1-2H3;1-2H3. The molecule has 9 atom stereocenters. The minimum atomic E-state index is -5.79. The zero-order valence-corrected chi connectivity index (χ0v) is 75.3. The van der Waals surface area contributed by atoms with Crippen LogP contribution in [0.15, 0.2) is 0 Å². The summed E-state index contributed by atoms with van der Waals surface area (Å²) in [5.74, 6) is -11.6. The van der Waals surface area contributed by atoms with Crippen LogP contribution >= 0.6 is 0 Å². The van der Waals surface area contributed by atoms with Crippen LogP contribution in [0, 0.1) is 29.6 Å². The van der Waals surface area contributed by atoms with E-state index in [4.69, 9.17) is 14.6 Å². The number of unbranched alkanes of at least 4 members (excludes halogenated alkanes) is 1. The summed E-state index contributed by atoms with van der Waals surface area (Å²) in [6.07, 6.45) is -82.9. The highest BCUT2D eigenvalue weighted by atomic mass is 19.5. The number of hydrogen-bond acceptors (Lipinski definition) is 14. The van der Waals surface area contributed by atoms with E-state index in [0.29, 0.717) is 26.7 Å². The molecule has 14 nitrogen and oxygen atoms in total. The molecule has 786 valence electrons. The number of esters is 1.